The molecule has 1 aromatic rings. The number of hydrogen-bond acceptors (Lipinski definition) is 5. The van der Waals surface area contributed by atoms with Gasteiger partial charge in [-0.25, -0.2) is 4.79 Å². The van der Waals surface area contributed by atoms with Gasteiger partial charge in [0.15, 0.2) is 0 Å². The van der Waals surface area contributed by atoms with Crippen molar-refractivity contribution in [1.82, 2.24) is 9.62 Å². The number of piperidine rings is 1. The van der Waals surface area contributed by atoms with Crippen LogP contribution < -0.4 is 9.46 Å². The highest BCUT2D eigenvalue weighted by Crippen LogP contribution is 2.47. The summed E-state index contributed by atoms with van der Waals surface area (Å²) in [7, 11) is 0. The molecule has 1 N–H and O–H groups in total. The largest absolute Gasteiger partial charge is 0.598 e. The maximum absolute atomic E-state index is 13.3. The van der Waals surface area contributed by atoms with E-state index in [0.717, 1.165) is 31.2 Å². The maximum Gasteiger partial charge on any atom is 0.410 e. The summed E-state index contributed by atoms with van der Waals surface area (Å²) in [5.74, 6) is 0.699. The van der Waals surface area contributed by atoms with Crippen LogP contribution >= 0.6 is 23.2 Å². The maximum atomic E-state index is 13.3. The van der Waals surface area contributed by atoms with Gasteiger partial charge in [-0.15, -0.1) is 4.72 Å². The molecule has 0 radical (unpaired) electrons. The lowest BCUT2D eigenvalue weighted by Gasteiger charge is -2.42. The van der Waals surface area contributed by atoms with Crippen molar-refractivity contribution in [2.24, 2.45) is 5.92 Å². The van der Waals surface area contributed by atoms with E-state index in [9.17, 15) is 9.35 Å². The predicted molar refractivity (Wildman–Crippen MR) is 144 cm³/mol. The molecular formula is C26H38Cl2N2O4S. The molecule has 0 spiro atoms. The van der Waals surface area contributed by atoms with Crippen LogP contribution in [-0.2, 0) is 16.1 Å². The summed E-state index contributed by atoms with van der Waals surface area (Å²) < 4.78 is 27.9. The van der Waals surface area contributed by atoms with E-state index in [4.69, 9.17) is 32.7 Å². The van der Waals surface area contributed by atoms with Crippen LogP contribution in [0.25, 0.3) is 0 Å². The number of nitrogens with zero attached hydrogens (tertiary/aromatic N) is 1. The van der Waals surface area contributed by atoms with E-state index >= 15 is 0 Å². The van der Waals surface area contributed by atoms with Crippen LogP contribution in [0.15, 0.2) is 24.8 Å². The van der Waals surface area contributed by atoms with Gasteiger partial charge in [0.25, 0.3) is 0 Å². The number of fused-ring (bicyclic) bond motifs is 2. The van der Waals surface area contributed by atoms with Crippen LogP contribution in [0.3, 0.4) is 0 Å². The van der Waals surface area contributed by atoms with Crippen LogP contribution in [0.5, 0.6) is 5.75 Å². The second-order valence-electron chi connectivity index (χ2n) is 11.4. The molecule has 9 heteroatoms. The number of ether oxygens (including phenoxy) is 2. The fraction of sp³-hybridized carbons (Fsp3) is 0.654. The van der Waals surface area contributed by atoms with E-state index < -0.39 is 21.7 Å². The van der Waals surface area contributed by atoms with Crippen molar-refractivity contribution >= 4 is 40.7 Å². The van der Waals surface area contributed by atoms with E-state index in [1.165, 1.54) is 0 Å². The van der Waals surface area contributed by atoms with Crippen molar-refractivity contribution < 1.29 is 18.8 Å². The van der Waals surface area contributed by atoms with Gasteiger partial charge >= 0.3 is 6.09 Å². The number of carbonyl (C=O) groups is 1. The van der Waals surface area contributed by atoms with E-state index in [0.29, 0.717) is 22.4 Å². The zero-order valence-electron chi connectivity index (χ0n) is 21.5. The lowest BCUT2D eigenvalue weighted by molar-refractivity contribution is -0.0000179. The molecule has 2 saturated heterocycles. The normalized spacial score (nSPS) is 24.1. The van der Waals surface area contributed by atoms with Gasteiger partial charge in [-0.05, 0) is 79.2 Å². The quantitative estimate of drug-likeness (QED) is 0.300. The molecule has 1 aromatic carbocycles. The lowest BCUT2D eigenvalue weighted by atomic mass is 9.82. The monoisotopic (exact) mass is 544 g/mol. The second-order valence-corrected chi connectivity index (χ2v) is 14.2. The standard InChI is InChI=1S/C26H38Cl2N2O4S/c1-8-11-33-22-15-21(28)20(27)14-19(22)23(29-35(32)26(5,6)7)16-12-17-9-10-18(13-16)30(17)24(31)34-25(2,3)4/h8,14-18,23,29H,1,9-13H2,2-7H3. The summed E-state index contributed by atoms with van der Waals surface area (Å²) in [6.07, 6.45) is 4.79. The van der Waals surface area contributed by atoms with E-state index in [2.05, 4.69) is 11.3 Å². The Bertz CT molecular complexity index is 917. The fourth-order valence-corrected chi connectivity index (χ4v) is 6.10. The molecule has 2 heterocycles. The SMILES string of the molecule is C=CCOc1cc(Cl)c(Cl)cc1C(N[S+]([O-])C(C)(C)C)C1CC2CCC(C1)N2C(=O)OC(C)(C)C. The zero-order chi connectivity index (χ0) is 26.1. The van der Waals surface area contributed by atoms with Crippen molar-refractivity contribution in [3.8, 4) is 5.75 Å². The predicted octanol–water partition coefficient (Wildman–Crippen LogP) is 6.83. The van der Waals surface area contributed by atoms with Gasteiger partial charge in [0.2, 0.25) is 0 Å². The Hall–Kier alpha value is -1.12. The minimum absolute atomic E-state index is 0.0706. The van der Waals surface area contributed by atoms with E-state index in [-0.39, 0.29) is 30.1 Å². The minimum Gasteiger partial charge on any atom is -0.598 e. The lowest BCUT2D eigenvalue weighted by Crippen LogP contribution is -2.51. The van der Waals surface area contributed by atoms with Crippen molar-refractivity contribution in [2.75, 3.05) is 6.61 Å². The molecule has 0 aromatic heterocycles. The van der Waals surface area contributed by atoms with Gasteiger partial charge in [0.1, 0.15) is 22.7 Å². The highest BCUT2D eigenvalue weighted by atomic mass is 35.5. The third-order valence-electron chi connectivity index (χ3n) is 6.38. The molecule has 3 rings (SSSR count). The molecular weight excluding hydrogens is 507 g/mol. The molecule has 2 aliphatic rings. The average Bonchev–Trinajstić information content (AvgIpc) is 3.00. The van der Waals surface area contributed by atoms with Gasteiger partial charge in [0, 0.05) is 35.1 Å². The van der Waals surface area contributed by atoms with Crippen molar-refractivity contribution in [2.45, 2.75) is 95.7 Å². The van der Waals surface area contributed by atoms with Crippen LogP contribution in [0, 0.1) is 5.92 Å². The topological polar surface area (TPSA) is 73.9 Å². The van der Waals surface area contributed by atoms with Gasteiger partial charge in [0.05, 0.1) is 16.1 Å². The third kappa shape index (κ3) is 7.01. The van der Waals surface area contributed by atoms with Crippen LogP contribution in [-0.4, -0.2) is 44.6 Å². The molecule has 2 fully saturated rings. The molecule has 35 heavy (non-hydrogen) atoms. The molecule has 4 atom stereocenters. The molecule has 196 valence electrons. The van der Waals surface area contributed by atoms with E-state index in [1.807, 2.05) is 52.5 Å². The molecule has 2 aliphatic heterocycles. The summed E-state index contributed by atoms with van der Waals surface area (Å²) in [6.45, 7) is 15.5. The molecule has 0 saturated carbocycles. The first kappa shape index (κ1) is 28.5. The Kier molecular flexibility index (Phi) is 9.02. The van der Waals surface area contributed by atoms with Crippen molar-refractivity contribution in [3.05, 3.63) is 40.4 Å². The first-order chi connectivity index (χ1) is 16.2. The minimum atomic E-state index is -1.34. The number of amides is 1. The zero-order valence-corrected chi connectivity index (χ0v) is 23.9. The van der Waals surface area contributed by atoms with Crippen LogP contribution in [0.1, 0.15) is 78.8 Å². The molecule has 6 nitrogen and oxygen atoms in total. The second kappa shape index (κ2) is 11.1. The Morgan fingerprint density at radius 2 is 1.77 bits per heavy atom. The number of rotatable bonds is 7. The summed E-state index contributed by atoms with van der Waals surface area (Å²) in [6, 6.07) is 3.36. The highest BCUT2D eigenvalue weighted by Gasteiger charge is 2.48. The Balaban J connectivity index is 1.95. The number of carbonyl (C=O) groups excluding carboxylic acids is 1. The average molecular weight is 546 g/mol. The first-order valence-corrected chi connectivity index (χ1v) is 14.0. The van der Waals surface area contributed by atoms with Gasteiger partial charge in [-0.1, -0.05) is 35.9 Å². The summed E-state index contributed by atoms with van der Waals surface area (Å²) >= 11 is 11.4. The number of hydrogen-bond donors (Lipinski definition) is 1. The number of halogens is 2. The van der Waals surface area contributed by atoms with Crippen molar-refractivity contribution in [1.29, 1.82) is 0 Å². The molecule has 4 unspecified atom stereocenters. The van der Waals surface area contributed by atoms with Gasteiger partial charge < -0.3 is 18.9 Å². The van der Waals surface area contributed by atoms with Crippen LogP contribution in [0.4, 0.5) is 4.79 Å². The molecule has 1 amide bonds. The number of benzene rings is 1. The third-order valence-corrected chi connectivity index (χ3v) is 8.68. The summed E-state index contributed by atoms with van der Waals surface area (Å²) in [4.78, 5) is 14.9. The highest BCUT2D eigenvalue weighted by molar-refractivity contribution is 7.90. The van der Waals surface area contributed by atoms with Gasteiger partial charge in [-0.2, -0.15) is 0 Å². The number of nitrogens with one attached hydrogen (secondary N) is 1. The Morgan fingerprint density at radius 3 is 2.29 bits per heavy atom. The Morgan fingerprint density at radius 1 is 1.20 bits per heavy atom. The first-order valence-electron chi connectivity index (χ1n) is 12.1. The molecule has 2 bridgehead atoms. The van der Waals surface area contributed by atoms with Crippen molar-refractivity contribution in [3.63, 3.8) is 0 Å². The summed E-state index contributed by atoms with van der Waals surface area (Å²) in [5, 5.41) is 0.806. The van der Waals surface area contributed by atoms with Gasteiger partial charge in [-0.3, -0.25) is 0 Å². The fourth-order valence-electron chi connectivity index (χ4n) is 4.87. The molecule has 0 aliphatic carbocycles. The van der Waals surface area contributed by atoms with E-state index in [1.54, 1.807) is 12.1 Å². The van der Waals surface area contributed by atoms with Crippen LogP contribution in [0.2, 0.25) is 10.0 Å². The smallest absolute Gasteiger partial charge is 0.410 e. The summed E-state index contributed by atoms with van der Waals surface area (Å²) in [5.41, 5.74) is 0.271. The Labute approximate surface area is 223 Å².